The molecule has 0 amide bonds. The molecule has 0 bridgehead atoms. The summed E-state index contributed by atoms with van der Waals surface area (Å²) in [6.45, 7) is 8.75. The highest BCUT2D eigenvalue weighted by Crippen LogP contribution is 2.33. The van der Waals surface area contributed by atoms with Crippen molar-refractivity contribution in [1.82, 2.24) is 19.4 Å². The summed E-state index contributed by atoms with van der Waals surface area (Å²) in [5.41, 5.74) is 4.00. The number of nitrogens with zero attached hydrogens (tertiary/aromatic N) is 3. The Morgan fingerprint density at radius 3 is 2.81 bits per heavy atom. The minimum Gasteiger partial charge on any atom is -0.494 e. The maximum Gasteiger partial charge on any atom is 0.261 e. The molecular weight excluding hydrogens is 388 g/mol. The van der Waals surface area contributed by atoms with E-state index in [9.17, 15) is 4.79 Å². The van der Waals surface area contributed by atoms with Crippen LogP contribution in [0.1, 0.15) is 25.8 Å². The Morgan fingerprint density at radius 2 is 1.97 bits per heavy atom. The fraction of sp³-hybridized carbons (Fsp3) is 0.360. The number of aromatic amines is 1. The number of rotatable bonds is 7. The van der Waals surface area contributed by atoms with Gasteiger partial charge in [0.15, 0.2) is 5.82 Å². The molecule has 4 aromatic rings. The van der Waals surface area contributed by atoms with Crippen LogP contribution in [0.4, 0.5) is 0 Å². The Hall–Kier alpha value is -3.12. The lowest BCUT2D eigenvalue weighted by molar-refractivity contribution is 0.249. The van der Waals surface area contributed by atoms with Gasteiger partial charge in [-0.25, -0.2) is 4.98 Å². The summed E-state index contributed by atoms with van der Waals surface area (Å²) in [5, 5.41) is 1.83. The first kappa shape index (κ1) is 19.8. The maximum atomic E-state index is 13.3. The normalized spacial score (nSPS) is 13.0. The first-order valence-corrected chi connectivity index (χ1v) is 11.2. The third-order valence-electron chi connectivity index (χ3n) is 6.33. The zero-order chi connectivity index (χ0) is 21.4. The molecule has 0 radical (unpaired) electrons. The van der Waals surface area contributed by atoms with E-state index in [1.54, 1.807) is 4.57 Å². The molecule has 0 atom stereocenters. The van der Waals surface area contributed by atoms with Gasteiger partial charge in [0.05, 0.1) is 23.2 Å². The van der Waals surface area contributed by atoms with E-state index in [-0.39, 0.29) is 5.56 Å². The topological polar surface area (TPSA) is 63.1 Å². The molecule has 3 heterocycles. The Bertz CT molecular complexity index is 1300. The molecule has 2 aromatic heterocycles. The second-order valence-corrected chi connectivity index (χ2v) is 8.07. The van der Waals surface area contributed by atoms with Crippen LogP contribution in [-0.2, 0) is 13.0 Å². The zero-order valence-electron chi connectivity index (χ0n) is 18.1. The van der Waals surface area contributed by atoms with Crippen LogP contribution in [0.3, 0.4) is 0 Å². The Morgan fingerprint density at radius 1 is 1.13 bits per heavy atom. The van der Waals surface area contributed by atoms with E-state index in [4.69, 9.17) is 9.72 Å². The molecule has 0 saturated heterocycles. The van der Waals surface area contributed by atoms with E-state index >= 15 is 0 Å². The van der Waals surface area contributed by atoms with E-state index in [0.29, 0.717) is 24.1 Å². The number of fused-ring (bicyclic) bond motifs is 6. The van der Waals surface area contributed by atoms with Gasteiger partial charge in [-0.05, 0) is 55.8 Å². The highest BCUT2D eigenvalue weighted by Gasteiger charge is 2.24. The summed E-state index contributed by atoms with van der Waals surface area (Å²) >= 11 is 0. The second kappa shape index (κ2) is 8.19. The average molecular weight is 417 g/mol. The van der Waals surface area contributed by atoms with Gasteiger partial charge in [0.2, 0.25) is 0 Å². The van der Waals surface area contributed by atoms with E-state index in [0.717, 1.165) is 55.3 Å². The first-order chi connectivity index (χ1) is 15.2. The monoisotopic (exact) mass is 416 g/mol. The average Bonchev–Trinajstić information content (AvgIpc) is 3.19. The lowest BCUT2D eigenvalue weighted by Gasteiger charge is -2.19. The number of para-hydroxylation sites is 1. The first-order valence-electron chi connectivity index (χ1n) is 11.2. The molecule has 160 valence electrons. The smallest absolute Gasteiger partial charge is 0.261 e. The molecule has 0 fully saturated rings. The molecule has 5 rings (SSSR count). The van der Waals surface area contributed by atoms with Crippen LogP contribution >= 0.6 is 0 Å². The number of hydrogen-bond donors (Lipinski definition) is 1. The number of hydrogen-bond acceptors (Lipinski definition) is 4. The predicted molar refractivity (Wildman–Crippen MR) is 125 cm³/mol. The van der Waals surface area contributed by atoms with Gasteiger partial charge in [-0.3, -0.25) is 9.36 Å². The van der Waals surface area contributed by atoms with Gasteiger partial charge in [0, 0.05) is 24.0 Å². The molecular formula is C25H28N4O2. The molecule has 1 aliphatic heterocycles. The Labute approximate surface area is 181 Å². The van der Waals surface area contributed by atoms with Crippen LogP contribution in [0.2, 0.25) is 0 Å². The molecule has 0 aliphatic carbocycles. The number of aryl methyl sites for hydroxylation is 1. The van der Waals surface area contributed by atoms with E-state index < -0.39 is 0 Å². The van der Waals surface area contributed by atoms with Crippen molar-refractivity contribution in [3.63, 3.8) is 0 Å². The quantitative estimate of drug-likeness (QED) is 0.459. The fourth-order valence-corrected chi connectivity index (χ4v) is 4.58. The van der Waals surface area contributed by atoms with Crippen molar-refractivity contribution in [3.05, 3.63) is 58.4 Å². The summed E-state index contributed by atoms with van der Waals surface area (Å²) < 4.78 is 7.74. The zero-order valence-corrected chi connectivity index (χ0v) is 18.1. The molecule has 6 nitrogen and oxygen atoms in total. The van der Waals surface area contributed by atoms with Crippen molar-refractivity contribution in [1.29, 1.82) is 0 Å². The van der Waals surface area contributed by atoms with Crippen molar-refractivity contribution in [2.24, 2.45) is 0 Å². The van der Waals surface area contributed by atoms with Gasteiger partial charge in [-0.15, -0.1) is 0 Å². The third-order valence-corrected chi connectivity index (χ3v) is 6.33. The van der Waals surface area contributed by atoms with Crippen molar-refractivity contribution in [2.45, 2.75) is 33.2 Å². The lowest BCUT2D eigenvalue weighted by atomic mass is 10.0. The molecule has 0 spiro atoms. The van der Waals surface area contributed by atoms with Crippen LogP contribution < -0.4 is 10.3 Å². The summed E-state index contributed by atoms with van der Waals surface area (Å²) in [4.78, 5) is 24.0. The van der Waals surface area contributed by atoms with Gasteiger partial charge in [-0.2, -0.15) is 0 Å². The maximum absolute atomic E-state index is 13.3. The minimum atomic E-state index is -0.00195. The van der Waals surface area contributed by atoms with Crippen LogP contribution in [0, 0.1) is 0 Å². The SMILES string of the molecule is CCN(CC)CCCOc1ccc2nc3n(c(=O)c2c1)CCc1c-3[nH]c2ccccc12. The van der Waals surface area contributed by atoms with Crippen molar-refractivity contribution >= 4 is 21.8 Å². The Kier molecular flexibility index (Phi) is 5.24. The van der Waals surface area contributed by atoms with Crippen LogP contribution in [-0.4, -0.2) is 45.7 Å². The van der Waals surface area contributed by atoms with E-state index in [1.165, 1.54) is 10.9 Å². The highest BCUT2D eigenvalue weighted by atomic mass is 16.5. The van der Waals surface area contributed by atoms with E-state index in [1.807, 2.05) is 24.3 Å². The summed E-state index contributed by atoms with van der Waals surface area (Å²) in [6.07, 6.45) is 1.78. The number of ether oxygens (including phenoxy) is 1. The summed E-state index contributed by atoms with van der Waals surface area (Å²) in [5.74, 6) is 1.46. The third kappa shape index (κ3) is 3.51. The standard InChI is InChI=1S/C25H28N4O2/c1-3-28(4-2)13-7-15-31-17-10-11-22-20(16-17)25(30)29-14-12-19-18-8-5-6-9-21(18)26-23(19)24(29)27-22/h5-6,8-11,16,26H,3-4,7,12-15H2,1-2H3. The van der Waals surface area contributed by atoms with E-state index in [2.05, 4.69) is 41.9 Å². The van der Waals surface area contributed by atoms with Crippen molar-refractivity contribution in [2.75, 3.05) is 26.2 Å². The molecule has 1 aliphatic rings. The molecule has 0 unspecified atom stereocenters. The molecule has 6 heteroatoms. The van der Waals surface area contributed by atoms with Crippen LogP contribution in [0.5, 0.6) is 5.75 Å². The fourth-order valence-electron chi connectivity index (χ4n) is 4.58. The lowest BCUT2D eigenvalue weighted by Crippen LogP contribution is -2.27. The number of nitrogens with one attached hydrogen (secondary N) is 1. The Balaban J connectivity index is 1.45. The number of H-pyrrole nitrogens is 1. The van der Waals surface area contributed by atoms with Crippen molar-refractivity contribution in [3.8, 4) is 17.3 Å². The summed E-state index contributed by atoms with van der Waals surface area (Å²) in [6, 6.07) is 13.9. The minimum absolute atomic E-state index is 0.00195. The molecule has 2 aromatic carbocycles. The van der Waals surface area contributed by atoms with Crippen LogP contribution in [0.25, 0.3) is 33.3 Å². The highest BCUT2D eigenvalue weighted by molar-refractivity contribution is 5.91. The van der Waals surface area contributed by atoms with Crippen LogP contribution in [0.15, 0.2) is 47.3 Å². The molecule has 0 saturated carbocycles. The van der Waals surface area contributed by atoms with Gasteiger partial charge in [0.25, 0.3) is 5.56 Å². The van der Waals surface area contributed by atoms with Gasteiger partial charge < -0.3 is 14.6 Å². The molecule has 31 heavy (non-hydrogen) atoms. The number of aromatic nitrogens is 3. The van der Waals surface area contributed by atoms with Gasteiger partial charge in [0.1, 0.15) is 5.75 Å². The largest absolute Gasteiger partial charge is 0.494 e. The van der Waals surface area contributed by atoms with Gasteiger partial charge >= 0.3 is 0 Å². The number of benzene rings is 2. The molecule has 1 N–H and O–H groups in total. The van der Waals surface area contributed by atoms with Gasteiger partial charge in [-0.1, -0.05) is 32.0 Å². The summed E-state index contributed by atoms with van der Waals surface area (Å²) in [7, 11) is 0. The predicted octanol–water partition coefficient (Wildman–Crippen LogP) is 4.21. The van der Waals surface area contributed by atoms with Crippen molar-refractivity contribution < 1.29 is 4.74 Å². The second-order valence-electron chi connectivity index (χ2n) is 8.07.